The topological polar surface area (TPSA) is 84.7 Å². The van der Waals surface area contributed by atoms with Crippen molar-refractivity contribution >= 4 is 38.7 Å². The molecule has 1 amide bonds. The van der Waals surface area contributed by atoms with Gasteiger partial charge in [-0.15, -0.1) is 0 Å². The number of para-hydroxylation sites is 2. The Morgan fingerprint density at radius 2 is 1.73 bits per heavy atom. The van der Waals surface area contributed by atoms with Crippen LogP contribution >= 0.6 is 11.8 Å². The summed E-state index contributed by atoms with van der Waals surface area (Å²) in [5.74, 6) is 0.859. The molecule has 0 aliphatic carbocycles. The minimum Gasteiger partial charge on any atom is -0.497 e. The van der Waals surface area contributed by atoms with E-state index in [1.54, 1.807) is 29.2 Å². The predicted octanol–water partition coefficient (Wildman–Crippen LogP) is 3.25. The lowest BCUT2D eigenvalue weighted by Gasteiger charge is -2.34. The third-order valence-electron chi connectivity index (χ3n) is 5.69. The van der Waals surface area contributed by atoms with Crippen LogP contribution in [0.2, 0.25) is 0 Å². The quantitative estimate of drug-likeness (QED) is 0.475. The van der Waals surface area contributed by atoms with Crippen molar-refractivity contribution in [3.05, 3.63) is 48.5 Å². The lowest BCUT2D eigenvalue weighted by Crippen LogP contribution is -2.50. The molecule has 0 spiro atoms. The fraction of sp³-hybridized carbons (Fsp3) is 0.391. The first-order valence-electron chi connectivity index (χ1n) is 10.8. The van der Waals surface area contributed by atoms with Crippen LogP contribution in [0.15, 0.2) is 58.6 Å². The molecule has 1 aromatic heterocycles. The molecule has 2 aromatic carbocycles. The second kappa shape index (κ2) is 9.74. The third-order valence-corrected chi connectivity index (χ3v) is 8.54. The molecule has 0 N–H and O–H groups in total. The summed E-state index contributed by atoms with van der Waals surface area (Å²) in [6, 6.07) is 14.5. The molecule has 0 radical (unpaired) electrons. The number of hydrogen-bond donors (Lipinski definition) is 0. The second-order valence-electron chi connectivity index (χ2n) is 8.10. The van der Waals surface area contributed by atoms with Crippen molar-refractivity contribution in [2.24, 2.45) is 0 Å². The fourth-order valence-electron chi connectivity index (χ4n) is 3.92. The molecule has 1 aliphatic heterocycles. The van der Waals surface area contributed by atoms with Crippen LogP contribution in [0.1, 0.15) is 19.9 Å². The first-order valence-corrected chi connectivity index (χ1v) is 13.3. The Labute approximate surface area is 198 Å². The molecule has 10 heteroatoms. The average molecular weight is 489 g/mol. The van der Waals surface area contributed by atoms with Crippen molar-refractivity contribution in [3.63, 3.8) is 0 Å². The third kappa shape index (κ3) is 4.87. The molecule has 33 heavy (non-hydrogen) atoms. The van der Waals surface area contributed by atoms with Crippen LogP contribution < -0.4 is 4.74 Å². The highest BCUT2D eigenvalue weighted by molar-refractivity contribution is 7.99. The Morgan fingerprint density at radius 1 is 1.06 bits per heavy atom. The minimum atomic E-state index is -3.60. The van der Waals surface area contributed by atoms with Crippen molar-refractivity contribution < 1.29 is 17.9 Å². The van der Waals surface area contributed by atoms with Crippen molar-refractivity contribution in [3.8, 4) is 5.75 Å². The van der Waals surface area contributed by atoms with Crippen LogP contribution in [0.4, 0.5) is 0 Å². The highest BCUT2D eigenvalue weighted by Crippen LogP contribution is 2.28. The van der Waals surface area contributed by atoms with Crippen molar-refractivity contribution in [1.82, 2.24) is 18.8 Å². The van der Waals surface area contributed by atoms with Gasteiger partial charge >= 0.3 is 0 Å². The standard InChI is InChI=1S/C23H28N4O4S2/c1-17(2)27-21-7-5-4-6-20(21)24-23(27)32-16-22(28)25-12-14-26(15-13-25)33(29,30)19-10-8-18(31-3)9-11-19/h4-11,17H,12-16H2,1-3H3. The maximum atomic E-state index is 12.9. The number of thioether (sulfide) groups is 1. The van der Waals surface area contributed by atoms with Gasteiger partial charge in [-0.05, 0) is 50.2 Å². The number of rotatable bonds is 7. The van der Waals surface area contributed by atoms with Crippen molar-refractivity contribution in [2.75, 3.05) is 39.0 Å². The number of fused-ring (bicyclic) bond motifs is 1. The number of nitrogens with zero attached hydrogens (tertiary/aromatic N) is 4. The smallest absolute Gasteiger partial charge is 0.243 e. The molecule has 0 unspecified atom stereocenters. The Morgan fingerprint density at radius 3 is 2.36 bits per heavy atom. The normalized spacial score (nSPS) is 15.3. The van der Waals surface area contributed by atoms with E-state index >= 15 is 0 Å². The molecule has 1 aliphatic rings. The van der Waals surface area contributed by atoms with E-state index in [1.807, 2.05) is 24.3 Å². The maximum absolute atomic E-state index is 12.9. The van der Waals surface area contributed by atoms with Crippen LogP contribution in [0.3, 0.4) is 0 Å². The van der Waals surface area contributed by atoms with Crippen LogP contribution in [0, 0.1) is 0 Å². The monoisotopic (exact) mass is 488 g/mol. The summed E-state index contributed by atoms with van der Waals surface area (Å²) in [6.45, 7) is 5.49. The molecule has 2 heterocycles. The van der Waals surface area contributed by atoms with Crippen LogP contribution in [0.5, 0.6) is 5.75 Å². The Balaban J connectivity index is 1.37. The molecule has 1 saturated heterocycles. The van der Waals surface area contributed by atoms with Crippen molar-refractivity contribution in [1.29, 1.82) is 0 Å². The van der Waals surface area contributed by atoms with Gasteiger partial charge in [-0.3, -0.25) is 4.79 Å². The first kappa shape index (κ1) is 23.6. The number of ether oxygens (including phenoxy) is 1. The van der Waals surface area contributed by atoms with Gasteiger partial charge in [-0.25, -0.2) is 13.4 Å². The number of carbonyl (C=O) groups is 1. The van der Waals surface area contributed by atoms with Gasteiger partial charge < -0.3 is 14.2 Å². The van der Waals surface area contributed by atoms with Crippen LogP contribution in [-0.4, -0.2) is 72.1 Å². The van der Waals surface area contributed by atoms with Gasteiger partial charge in [0.05, 0.1) is 28.8 Å². The zero-order valence-electron chi connectivity index (χ0n) is 19.0. The van der Waals surface area contributed by atoms with Gasteiger partial charge in [0, 0.05) is 32.2 Å². The van der Waals surface area contributed by atoms with E-state index in [9.17, 15) is 13.2 Å². The fourth-order valence-corrected chi connectivity index (χ4v) is 6.38. The van der Waals surface area contributed by atoms with E-state index in [1.165, 1.54) is 23.2 Å². The zero-order valence-corrected chi connectivity index (χ0v) is 20.6. The van der Waals surface area contributed by atoms with E-state index in [2.05, 4.69) is 18.4 Å². The largest absolute Gasteiger partial charge is 0.497 e. The summed E-state index contributed by atoms with van der Waals surface area (Å²) >= 11 is 1.43. The lowest BCUT2D eigenvalue weighted by molar-refractivity contribution is -0.129. The van der Waals surface area contributed by atoms with E-state index in [0.29, 0.717) is 18.8 Å². The summed E-state index contributed by atoms with van der Waals surface area (Å²) in [5, 5.41) is 0.820. The average Bonchev–Trinajstić information content (AvgIpc) is 3.21. The van der Waals surface area contributed by atoms with Gasteiger partial charge in [0.2, 0.25) is 15.9 Å². The molecule has 1 fully saturated rings. The number of sulfonamides is 1. The van der Waals surface area contributed by atoms with Gasteiger partial charge in [-0.2, -0.15) is 4.31 Å². The van der Waals surface area contributed by atoms with E-state index < -0.39 is 10.0 Å². The Kier molecular flexibility index (Phi) is 6.96. The van der Waals surface area contributed by atoms with Gasteiger partial charge in [0.1, 0.15) is 5.75 Å². The van der Waals surface area contributed by atoms with Gasteiger partial charge in [-0.1, -0.05) is 23.9 Å². The molecular weight excluding hydrogens is 460 g/mol. The van der Waals surface area contributed by atoms with E-state index in [-0.39, 0.29) is 35.7 Å². The number of imidazole rings is 1. The number of hydrogen-bond acceptors (Lipinski definition) is 6. The van der Waals surface area contributed by atoms with E-state index in [0.717, 1.165) is 16.2 Å². The maximum Gasteiger partial charge on any atom is 0.243 e. The zero-order chi connectivity index (χ0) is 23.6. The SMILES string of the molecule is COc1ccc(S(=O)(=O)N2CCN(C(=O)CSc3nc4ccccc4n3C(C)C)CC2)cc1. The minimum absolute atomic E-state index is 0.0103. The first-order chi connectivity index (χ1) is 15.8. The molecule has 4 rings (SSSR count). The number of amides is 1. The number of aromatic nitrogens is 2. The van der Waals surface area contributed by atoms with E-state index in [4.69, 9.17) is 9.72 Å². The lowest BCUT2D eigenvalue weighted by atomic mass is 10.3. The van der Waals surface area contributed by atoms with Crippen molar-refractivity contribution in [2.45, 2.75) is 29.9 Å². The number of benzene rings is 2. The molecule has 0 atom stereocenters. The second-order valence-corrected chi connectivity index (χ2v) is 11.0. The van der Waals surface area contributed by atoms with Gasteiger partial charge in [0.25, 0.3) is 0 Å². The molecule has 176 valence electrons. The molecule has 0 bridgehead atoms. The molecule has 8 nitrogen and oxygen atoms in total. The summed E-state index contributed by atoms with van der Waals surface area (Å²) in [7, 11) is -2.06. The number of methoxy groups -OCH3 is 1. The summed E-state index contributed by atoms with van der Waals surface area (Å²) in [5.41, 5.74) is 1.97. The van der Waals surface area contributed by atoms with Gasteiger partial charge in [0.15, 0.2) is 5.16 Å². The number of piperazine rings is 1. The molecular formula is C23H28N4O4S2. The highest BCUT2D eigenvalue weighted by Gasteiger charge is 2.30. The molecule has 3 aromatic rings. The molecule has 0 saturated carbocycles. The highest BCUT2D eigenvalue weighted by atomic mass is 32.2. The summed E-state index contributed by atoms with van der Waals surface area (Å²) in [4.78, 5) is 19.5. The predicted molar refractivity (Wildman–Crippen MR) is 129 cm³/mol. The Bertz CT molecular complexity index is 1230. The Hall–Kier alpha value is -2.56. The van der Waals surface area contributed by atoms with Crippen LogP contribution in [-0.2, 0) is 14.8 Å². The van der Waals surface area contributed by atoms with Crippen LogP contribution in [0.25, 0.3) is 11.0 Å². The number of carbonyl (C=O) groups excluding carboxylic acids is 1. The summed E-state index contributed by atoms with van der Waals surface area (Å²) < 4.78 is 34.5. The summed E-state index contributed by atoms with van der Waals surface area (Å²) in [6.07, 6.45) is 0.